The summed E-state index contributed by atoms with van der Waals surface area (Å²) >= 11 is 0. The Balaban J connectivity index is 1.96. The molecule has 0 saturated carbocycles. The fraction of sp³-hybridized carbons (Fsp3) is 0.0345. The minimum Gasteiger partial charge on any atom is -0.344 e. The van der Waals surface area contributed by atoms with Crippen molar-refractivity contribution in [3.8, 4) is 0 Å². The number of rotatable bonds is 0. The van der Waals surface area contributed by atoms with Crippen LogP contribution in [0.4, 0.5) is 0 Å². The van der Waals surface area contributed by atoms with Crippen LogP contribution in [0.25, 0.3) is 70.7 Å². The van der Waals surface area contributed by atoms with Crippen LogP contribution in [-0.2, 0) is 7.05 Å². The SMILES string of the molecule is Cn1c2cccc3c4cccc5c6ccccc6n(c45)c4c5ccccc5cc1c4c32. The third-order valence-electron chi connectivity index (χ3n) is 7.22. The molecular weight excluding hydrogens is 376 g/mol. The van der Waals surface area contributed by atoms with Gasteiger partial charge in [0.2, 0.25) is 0 Å². The predicted octanol–water partition coefficient (Wildman–Crippen LogP) is 7.63. The Labute approximate surface area is 177 Å². The number of hydrogen-bond acceptors (Lipinski definition) is 0. The molecule has 31 heavy (non-hydrogen) atoms. The summed E-state index contributed by atoms with van der Waals surface area (Å²) in [4.78, 5) is 0. The highest BCUT2D eigenvalue weighted by Gasteiger charge is 2.21. The van der Waals surface area contributed by atoms with E-state index in [4.69, 9.17) is 0 Å². The zero-order chi connectivity index (χ0) is 20.3. The van der Waals surface area contributed by atoms with E-state index < -0.39 is 0 Å². The van der Waals surface area contributed by atoms with Crippen molar-refractivity contribution in [2.75, 3.05) is 0 Å². The average molecular weight is 394 g/mol. The van der Waals surface area contributed by atoms with Gasteiger partial charge in [0.05, 0.1) is 22.1 Å². The second-order valence-corrected chi connectivity index (χ2v) is 8.65. The van der Waals surface area contributed by atoms with Crippen molar-refractivity contribution in [2.24, 2.45) is 7.05 Å². The fourth-order valence-electron chi connectivity index (χ4n) is 5.96. The van der Waals surface area contributed by atoms with E-state index in [9.17, 15) is 0 Å². The molecule has 8 rings (SSSR count). The van der Waals surface area contributed by atoms with Gasteiger partial charge in [-0.3, -0.25) is 0 Å². The lowest BCUT2D eigenvalue weighted by Gasteiger charge is -2.08. The summed E-state index contributed by atoms with van der Waals surface area (Å²) in [6.45, 7) is 0. The molecule has 0 aliphatic rings. The van der Waals surface area contributed by atoms with E-state index in [2.05, 4.69) is 107 Å². The zero-order valence-corrected chi connectivity index (χ0v) is 17.1. The first-order valence-corrected chi connectivity index (χ1v) is 10.8. The minimum absolute atomic E-state index is 1.27. The molecule has 2 heteroatoms. The number of aromatic nitrogens is 2. The Kier molecular flexibility index (Phi) is 2.62. The molecule has 0 radical (unpaired) electrons. The van der Waals surface area contributed by atoms with E-state index in [1.165, 1.54) is 70.7 Å². The lowest BCUT2D eigenvalue weighted by Crippen LogP contribution is -1.90. The van der Waals surface area contributed by atoms with Crippen molar-refractivity contribution in [3.05, 3.63) is 91.0 Å². The van der Waals surface area contributed by atoms with Crippen molar-refractivity contribution >= 4 is 70.7 Å². The Morgan fingerprint density at radius 1 is 0.484 bits per heavy atom. The van der Waals surface area contributed by atoms with Crippen LogP contribution in [0.1, 0.15) is 0 Å². The number of fused-ring (bicyclic) bond motifs is 7. The van der Waals surface area contributed by atoms with Crippen LogP contribution in [-0.4, -0.2) is 8.97 Å². The molecule has 0 bridgehead atoms. The van der Waals surface area contributed by atoms with Gasteiger partial charge < -0.3 is 8.97 Å². The normalized spacial score (nSPS) is 12.7. The van der Waals surface area contributed by atoms with E-state index in [-0.39, 0.29) is 0 Å². The highest BCUT2D eigenvalue weighted by atomic mass is 15.0. The average Bonchev–Trinajstić information content (AvgIpc) is 3.25. The molecule has 0 atom stereocenters. The van der Waals surface area contributed by atoms with Gasteiger partial charge in [-0.1, -0.05) is 72.8 Å². The van der Waals surface area contributed by atoms with Crippen LogP contribution in [0.5, 0.6) is 0 Å². The van der Waals surface area contributed by atoms with E-state index >= 15 is 0 Å². The quantitative estimate of drug-likeness (QED) is 0.250. The summed E-state index contributed by atoms with van der Waals surface area (Å²) in [6, 6.07) is 33.5. The molecular formula is C29H18N2. The maximum atomic E-state index is 2.53. The summed E-state index contributed by atoms with van der Waals surface area (Å²) in [5.41, 5.74) is 6.47. The van der Waals surface area contributed by atoms with Gasteiger partial charge in [0.15, 0.2) is 0 Å². The van der Waals surface area contributed by atoms with Gasteiger partial charge in [0.1, 0.15) is 0 Å². The number of hydrogen-bond donors (Lipinski definition) is 0. The third kappa shape index (κ3) is 1.69. The lowest BCUT2D eigenvalue weighted by molar-refractivity contribution is 1.02. The minimum atomic E-state index is 1.27. The van der Waals surface area contributed by atoms with Crippen LogP contribution < -0.4 is 0 Å². The summed E-state index contributed by atoms with van der Waals surface area (Å²) < 4.78 is 4.89. The molecule has 0 saturated heterocycles. The third-order valence-corrected chi connectivity index (χ3v) is 7.22. The van der Waals surface area contributed by atoms with Crippen molar-refractivity contribution in [1.82, 2.24) is 8.97 Å². The Morgan fingerprint density at radius 3 is 2.03 bits per heavy atom. The van der Waals surface area contributed by atoms with Gasteiger partial charge in [-0.15, -0.1) is 0 Å². The molecule has 5 aromatic carbocycles. The van der Waals surface area contributed by atoms with E-state index in [0.29, 0.717) is 0 Å². The molecule has 2 nitrogen and oxygen atoms in total. The van der Waals surface area contributed by atoms with E-state index in [1.54, 1.807) is 0 Å². The molecule has 0 unspecified atom stereocenters. The topological polar surface area (TPSA) is 9.34 Å². The first kappa shape index (κ1) is 15.8. The van der Waals surface area contributed by atoms with Gasteiger partial charge in [-0.2, -0.15) is 0 Å². The van der Waals surface area contributed by atoms with Crippen LogP contribution in [0.15, 0.2) is 91.0 Å². The summed E-state index contributed by atoms with van der Waals surface area (Å²) in [5, 5.41) is 10.6. The fourth-order valence-corrected chi connectivity index (χ4v) is 5.96. The second-order valence-electron chi connectivity index (χ2n) is 8.65. The molecule has 8 aromatic rings. The molecule has 3 aromatic heterocycles. The van der Waals surface area contributed by atoms with E-state index in [1.807, 2.05) is 0 Å². The van der Waals surface area contributed by atoms with Crippen molar-refractivity contribution in [1.29, 1.82) is 0 Å². The molecule has 3 heterocycles. The Bertz CT molecular complexity index is 2000. The second kappa shape index (κ2) is 5.16. The highest BCUT2D eigenvalue weighted by Crippen LogP contribution is 2.44. The monoisotopic (exact) mass is 394 g/mol. The molecule has 144 valence electrons. The number of para-hydroxylation sites is 2. The number of nitrogens with zero attached hydrogens (tertiary/aromatic N) is 2. The highest BCUT2D eigenvalue weighted by molar-refractivity contribution is 6.34. The van der Waals surface area contributed by atoms with Crippen molar-refractivity contribution in [3.63, 3.8) is 0 Å². The maximum Gasteiger partial charge on any atom is 0.0641 e. The molecule has 0 spiro atoms. The van der Waals surface area contributed by atoms with Gasteiger partial charge >= 0.3 is 0 Å². The Morgan fingerprint density at radius 2 is 1.13 bits per heavy atom. The van der Waals surface area contributed by atoms with Crippen LogP contribution in [0.2, 0.25) is 0 Å². The van der Waals surface area contributed by atoms with Crippen molar-refractivity contribution in [2.45, 2.75) is 0 Å². The van der Waals surface area contributed by atoms with E-state index in [0.717, 1.165) is 0 Å². The van der Waals surface area contributed by atoms with Gasteiger partial charge in [-0.25, -0.2) is 0 Å². The summed E-state index contributed by atoms with van der Waals surface area (Å²) in [5.74, 6) is 0. The lowest BCUT2D eigenvalue weighted by atomic mass is 10.0. The van der Waals surface area contributed by atoms with Crippen LogP contribution >= 0.6 is 0 Å². The molecule has 0 amide bonds. The Hall–Kier alpha value is -4.04. The molecule has 0 aliphatic heterocycles. The number of benzene rings is 5. The van der Waals surface area contributed by atoms with Gasteiger partial charge in [0.25, 0.3) is 0 Å². The standard InChI is InChI=1S/C29H18N2/c1-30-24-15-7-11-20-22-13-6-12-21-19-10-4-5-14-23(19)31(28(21)22)29-18-9-3-2-8-17(18)16-25(30)27(29)26(20)24/h2-16H,1H3. The summed E-state index contributed by atoms with van der Waals surface area (Å²) in [7, 11) is 2.20. The predicted molar refractivity (Wildman–Crippen MR) is 133 cm³/mol. The maximum absolute atomic E-state index is 2.53. The first-order chi connectivity index (χ1) is 15.3. The zero-order valence-electron chi connectivity index (χ0n) is 17.1. The first-order valence-electron chi connectivity index (χ1n) is 10.8. The molecule has 0 N–H and O–H groups in total. The largest absolute Gasteiger partial charge is 0.344 e. The smallest absolute Gasteiger partial charge is 0.0641 e. The molecule has 0 aliphatic carbocycles. The van der Waals surface area contributed by atoms with Crippen LogP contribution in [0, 0.1) is 0 Å². The van der Waals surface area contributed by atoms with Gasteiger partial charge in [0, 0.05) is 44.9 Å². The van der Waals surface area contributed by atoms with Gasteiger partial charge in [-0.05, 0) is 29.0 Å². The molecule has 0 fully saturated rings. The van der Waals surface area contributed by atoms with Crippen LogP contribution in [0.3, 0.4) is 0 Å². The number of aryl methyl sites for hydroxylation is 1. The van der Waals surface area contributed by atoms with Crippen molar-refractivity contribution < 1.29 is 0 Å². The summed E-state index contributed by atoms with van der Waals surface area (Å²) in [6.07, 6.45) is 0.